The fraction of sp³-hybridized carbons (Fsp3) is 0.250. The number of nitrogens with zero attached hydrogens (tertiary/aromatic N) is 1. The first-order chi connectivity index (χ1) is 7.83. The molecule has 1 aliphatic rings. The van der Waals surface area contributed by atoms with Crippen molar-refractivity contribution in [3.05, 3.63) is 40.5 Å². The average Bonchev–Trinajstić information content (AvgIpc) is 2.64. The highest BCUT2D eigenvalue weighted by Crippen LogP contribution is 2.28. The first kappa shape index (κ1) is 9.93. The van der Waals surface area contributed by atoms with Gasteiger partial charge in [-0.3, -0.25) is 0 Å². The van der Waals surface area contributed by atoms with Gasteiger partial charge >= 0.3 is 0 Å². The SMILES string of the molecule is Fc1cccc(-c2csc(C3CNC3)n2)c1. The molecule has 1 saturated heterocycles. The van der Waals surface area contributed by atoms with Crippen LogP contribution in [0, 0.1) is 5.82 Å². The van der Waals surface area contributed by atoms with E-state index in [1.54, 1.807) is 17.4 Å². The number of halogens is 1. The third kappa shape index (κ3) is 1.74. The summed E-state index contributed by atoms with van der Waals surface area (Å²) in [7, 11) is 0. The largest absolute Gasteiger partial charge is 0.315 e. The lowest BCUT2D eigenvalue weighted by Crippen LogP contribution is -2.39. The van der Waals surface area contributed by atoms with Gasteiger partial charge in [-0.2, -0.15) is 0 Å². The number of thiazole rings is 1. The van der Waals surface area contributed by atoms with Crippen LogP contribution in [-0.2, 0) is 0 Å². The molecule has 0 amide bonds. The normalized spacial score (nSPS) is 16.1. The Morgan fingerprint density at radius 2 is 2.25 bits per heavy atom. The van der Waals surface area contributed by atoms with Gasteiger partial charge in [-0.05, 0) is 12.1 Å². The second-order valence-electron chi connectivity index (χ2n) is 3.94. The third-order valence-corrected chi connectivity index (χ3v) is 3.78. The predicted octanol–water partition coefficient (Wildman–Crippen LogP) is 2.64. The summed E-state index contributed by atoms with van der Waals surface area (Å²) in [5.41, 5.74) is 1.74. The highest BCUT2D eigenvalue weighted by Gasteiger charge is 2.22. The molecule has 2 nitrogen and oxygen atoms in total. The molecule has 0 saturated carbocycles. The van der Waals surface area contributed by atoms with Gasteiger partial charge in [0.25, 0.3) is 0 Å². The van der Waals surface area contributed by atoms with Gasteiger partial charge in [0.05, 0.1) is 10.7 Å². The monoisotopic (exact) mass is 234 g/mol. The van der Waals surface area contributed by atoms with Gasteiger partial charge in [0.2, 0.25) is 0 Å². The molecule has 2 aromatic rings. The zero-order chi connectivity index (χ0) is 11.0. The van der Waals surface area contributed by atoms with Crippen molar-refractivity contribution >= 4 is 11.3 Å². The maximum absolute atomic E-state index is 13.1. The molecule has 1 fully saturated rings. The lowest BCUT2D eigenvalue weighted by Gasteiger charge is -2.24. The second-order valence-corrected chi connectivity index (χ2v) is 4.83. The molecule has 1 aromatic carbocycles. The van der Waals surface area contributed by atoms with Gasteiger partial charge in [-0.1, -0.05) is 12.1 Å². The van der Waals surface area contributed by atoms with Crippen LogP contribution in [0.3, 0.4) is 0 Å². The fourth-order valence-electron chi connectivity index (χ4n) is 1.72. The van der Waals surface area contributed by atoms with Crippen LogP contribution in [0.1, 0.15) is 10.9 Å². The number of rotatable bonds is 2. The molecule has 1 aromatic heterocycles. The van der Waals surface area contributed by atoms with Crippen LogP contribution in [0.15, 0.2) is 29.6 Å². The van der Waals surface area contributed by atoms with Gasteiger partial charge in [0.15, 0.2) is 0 Å². The predicted molar refractivity (Wildman–Crippen MR) is 63.1 cm³/mol. The van der Waals surface area contributed by atoms with Crippen molar-refractivity contribution in [2.24, 2.45) is 0 Å². The fourth-order valence-corrected chi connectivity index (χ4v) is 2.65. The van der Waals surface area contributed by atoms with Crippen molar-refractivity contribution in [3.8, 4) is 11.3 Å². The van der Waals surface area contributed by atoms with Gasteiger partial charge in [-0.15, -0.1) is 11.3 Å². The lowest BCUT2D eigenvalue weighted by molar-refractivity contribution is 0.447. The van der Waals surface area contributed by atoms with E-state index in [2.05, 4.69) is 10.3 Å². The summed E-state index contributed by atoms with van der Waals surface area (Å²) in [5, 5.41) is 6.38. The maximum atomic E-state index is 13.1. The highest BCUT2D eigenvalue weighted by atomic mass is 32.1. The first-order valence-corrected chi connectivity index (χ1v) is 6.13. The van der Waals surface area contributed by atoms with Crippen LogP contribution in [0.5, 0.6) is 0 Å². The minimum Gasteiger partial charge on any atom is -0.315 e. The molecule has 3 rings (SSSR count). The zero-order valence-corrected chi connectivity index (χ0v) is 9.43. The van der Waals surface area contributed by atoms with E-state index in [4.69, 9.17) is 0 Å². The molecule has 0 spiro atoms. The summed E-state index contributed by atoms with van der Waals surface area (Å²) >= 11 is 1.66. The smallest absolute Gasteiger partial charge is 0.123 e. The van der Waals surface area contributed by atoms with Crippen molar-refractivity contribution < 1.29 is 4.39 Å². The van der Waals surface area contributed by atoms with Crippen LogP contribution in [-0.4, -0.2) is 18.1 Å². The Bertz CT molecular complexity index is 505. The molecule has 1 N–H and O–H groups in total. The third-order valence-electron chi connectivity index (χ3n) is 2.77. The average molecular weight is 234 g/mol. The summed E-state index contributed by atoms with van der Waals surface area (Å²) in [6.07, 6.45) is 0. The van der Waals surface area contributed by atoms with Crippen molar-refractivity contribution in [3.63, 3.8) is 0 Å². The van der Waals surface area contributed by atoms with Crippen molar-refractivity contribution in [2.75, 3.05) is 13.1 Å². The summed E-state index contributed by atoms with van der Waals surface area (Å²) in [4.78, 5) is 4.56. The highest BCUT2D eigenvalue weighted by molar-refractivity contribution is 7.10. The van der Waals surface area contributed by atoms with Crippen LogP contribution in [0.4, 0.5) is 4.39 Å². The van der Waals surface area contributed by atoms with Crippen molar-refractivity contribution in [1.82, 2.24) is 10.3 Å². The molecule has 16 heavy (non-hydrogen) atoms. The molecule has 2 heterocycles. The van der Waals surface area contributed by atoms with E-state index in [-0.39, 0.29) is 5.82 Å². The van der Waals surface area contributed by atoms with Gasteiger partial charge in [0.1, 0.15) is 5.82 Å². The molecule has 0 atom stereocenters. The van der Waals surface area contributed by atoms with E-state index in [9.17, 15) is 4.39 Å². The first-order valence-electron chi connectivity index (χ1n) is 5.25. The van der Waals surface area contributed by atoms with Gasteiger partial charge < -0.3 is 5.32 Å². The minimum absolute atomic E-state index is 0.211. The summed E-state index contributed by atoms with van der Waals surface area (Å²) in [6, 6.07) is 6.58. The lowest BCUT2D eigenvalue weighted by atomic mass is 10.1. The Hall–Kier alpha value is -1.26. The van der Waals surface area contributed by atoms with E-state index in [1.165, 1.54) is 12.1 Å². The second kappa shape index (κ2) is 3.96. The molecule has 1 aliphatic heterocycles. The van der Waals surface area contributed by atoms with Crippen LogP contribution in [0.25, 0.3) is 11.3 Å². The van der Waals surface area contributed by atoms with E-state index in [1.807, 2.05) is 11.4 Å². The number of hydrogen-bond donors (Lipinski definition) is 1. The quantitative estimate of drug-likeness (QED) is 0.864. The van der Waals surface area contributed by atoms with E-state index < -0.39 is 0 Å². The summed E-state index contributed by atoms with van der Waals surface area (Å²) in [6.45, 7) is 2.02. The van der Waals surface area contributed by atoms with E-state index in [0.29, 0.717) is 5.92 Å². The van der Waals surface area contributed by atoms with Crippen LogP contribution in [0.2, 0.25) is 0 Å². The summed E-state index contributed by atoms with van der Waals surface area (Å²) in [5.74, 6) is 0.338. The minimum atomic E-state index is -0.211. The molecule has 82 valence electrons. The number of nitrogens with one attached hydrogen (secondary N) is 1. The standard InChI is InChI=1S/C12H11FN2S/c13-10-3-1-2-8(4-10)11-7-16-12(15-11)9-5-14-6-9/h1-4,7,9,14H,5-6H2. The zero-order valence-electron chi connectivity index (χ0n) is 8.61. The maximum Gasteiger partial charge on any atom is 0.123 e. The molecule has 0 radical (unpaired) electrons. The Balaban J connectivity index is 1.91. The Kier molecular flexibility index (Phi) is 2.46. The Morgan fingerprint density at radius 3 is 2.94 bits per heavy atom. The van der Waals surface area contributed by atoms with Gasteiger partial charge in [0, 0.05) is 30.0 Å². The summed E-state index contributed by atoms with van der Waals surface area (Å²) < 4.78 is 13.1. The molecule has 0 aliphatic carbocycles. The number of hydrogen-bond acceptors (Lipinski definition) is 3. The molecule has 4 heteroatoms. The van der Waals surface area contributed by atoms with E-state index in [0.717, 1.165) is 29.4 Å². The molecular formula is C12H11FN2S. The van der Waals surface area contributed by atoms with E-state index >= 15 is 0 Å². The van der Waals surface area contributed by atoms with Crippen LogP contribution >= 0.6 is 11.3 Å². The van der Waals surface area contributed by atoms with Gasteiger partial charge in [-0.25, -0.2) is 9.37 Å². The Morgan fingerprint density at radius 1 is 1.38 bits per heavy atom. The molecule has 0 bridgehead atoms. The number of benzene rings is 1. The van der Waals surface area contributed by atoms with Crippen LogP contribution < -0.4 is 5.32 Å². The topological polar surface area (TPSA) is 24.9 Å². The number of aromatic nitrogens is 1. The van der Waals surface area contributed by atoms with Crippen molar-refractivity contribution in [1.29, 1.82) is 0 Å². The Labute approximate surface area is 97.2 Å². The molecular weight excluding hydrogens is 223 g/mol. The van der Waals surface area contributed by atoms with Crippen molar-refractivity contribution in [2.45, 2.75) is 5.92 Å². The molecule has 0 unspecified atom stereocenters.